The summed E-state index contributed by atoms with van der Waals surface area (Å²) < 4.78 is 13.7. The van der Waals surface area contributed by atoms with Crippen molar-refractivity contribution in [2.24, 2.45) is 0 Å². The van der Waals surface area contributed by atoms with Gasteiger partial charge >= 0.3 is 0 Å². The molecule has 0 unspecified atom stereocenters. The van der Waals surface area contributed by atoms with Gasteiger partial charge in [0.2, 0.25) is 5.91 Å². The number of halogens is 2. The van der Waals surface area contributed by atoms with Gasteiger partial charge in [0, 0.05) is 6.07 Å². The van der Waals surface area contributed by atoms with E-state index in [0.29, 0.717) is 15.8 Å². The van der Waals surface area contributed by atoms with Gasteiger partial charge in [-0.2, -0.15) is 0 Å². The summed E-state index contributed by atoms with van der Waals surface area (Å²) in [5, 5.41) is 2.67. The Bertz CT molecular complexity index is 495. The van der Waals surface area contributed by atoms with Gasteiger partial charge in [-0.3, -0.25) is 4.79 Å². The third kappa shape index (κ3) is 1.89. The molecule has 2 rings (SSSR count). The molecule has 0 saturated carbocycles. The van der Waals surface area contributed by atoms with Crippen LogP contribution in [0.25, 0.3) is 0 Å². The molecule has 1 aromatic rings. The Morgan fingerprint density at radius 3 is 3.06 bits per heavy atom. The van der Waals surface area contributed by atoms with Crippen LogP contribution in [0, 0.1) is 18.2 Å². The lowest BCUT2D eigenvalue weighted by Gasteiger charge is -2.29. The molecule has 0 aliphatic carbocycles. The Morgan fingerprint density at radius 1 is 1.62 bits per heavy atom. The molecule has 0 atom stereocenters. The van der Waals surface area contributed by atoms with Gasteiger partial charge in [0.1, 0.15) is 5.82 Å². The Kier molecular flexibility index (Phi) is 2.84. The molecule has 0 aromatic heterocycles. The summed E-state index contributed by atoms with van der Waals surface area (Å²) >= 11 is 3.07. The van der Waals surface area contributed by atoms with Gasteiger partial charge in [-0.15, -0.1) is 6.42 Å². The highest BCUT2D eigenvalue weighted by atomic mass is 79.9. The van der Waals surface area contributed by atoms with Crippen molar-refractivity contribution in [2.45, 2.75) is 0 Å². The standard InChI is InChI=1S/C11H8BrFN2O/c1-2-3-15-6-11(16)14-9-4-7(12)8(13)5-10(9)15/h1,4-5H,3,6H2,(H,14,16). The summed E-state index contributed by atoms with van der Waals surface area (Å²) in [6.45, 7) is 0.430. The van der Waals surface area contributed by atoms with E-state index < -0.39 is 0 Å². The maximum atomic E-state index is 13.4. The Labute approximate surface area is 101 Å². The molecule has 5 heteroatoms. The number of carbonyl (C=O) groups excluding carboxylic acids is 1. The van der Waals surface area contributed by atoms with Crippen LogP contribution in [0.5, 0.6) is 0 Å². The van der Waals surface area contributed by atoms with E-state index in [0.717, 1.165) is 0 Å². The second kappa shape index (κ2) is 4.14. The molecule has 1 amide bonds. The van der Waals surface area contributed by atoms with Gasteiger partial charge in [-0.05, 0) is 22.0 Å². The first kappa shape index (κ1) is 11.0. The highest BCUT2D eigenvalue weighted by Crippen LogP contribution is 2.33. The molecule has 0 radical (unpaired) electrons. The first-order valence-corrected chi connectivity index (χ1v) is 5.38. The molecule has 1 heterocycles. The van der Waals surface area contributed by atoms with Crippen LogP contribution in [0.2, 0.25) is 0 Å². The molecule has 16 heavy (non-hydrogen) atoms. The lowest BCUT2D eigenvalue weighted by atomic mass is 10.2. The average molecular weight is 283 g/mol. The number of nitrogens with zero attached hydrogens (tertiary/aromatic N) is 1. The molecule has 82 valence electrons. The molecule has 1 aliphatic heterocycles. The minimum atomic E-state index is -0.378. The van der Waals surface area contributed by atoms with Crippen LogP contribution in [0.15, 0.2) is 16.6 Å². The third-order valence-electron chi connectivity index (χ3n) is 2.27. The Balaban J connectivity index is 2.49. The number of fused-ring (bicyclic) bond motifs is 1. The maximum Gasteiger partial charge on any atom is 0.243 e. The number of terminal acetylenes is 1. The number of nitrogens with one attached hydrogen (secondary N) is 1. The van der Waals surface area contributed by atoms with E-state index in [2.05, 4.69) is 27.2 Å². The summed E-state index contributed by atoms with van der Waals surface area (Å²) in [6, 6.07) is 2.89. The number of rotatable bonds is 1. The number of hydrogen-bond donors (Lipinski definition) is 1. The summed E-state index contributed by atoms with van der Waals surface area (Å²) in [6.07, 6.45) is 5.20. The van der Waals surface area contributed by atoms with Crippen LogP contribution in [0.3, 0.4) is 0 Å². The highest BCUT2D eigenvalue weighted by molar-refractivity contribution is 9.10. The minimum Gasteiger partial charge on any atom is -0.349 e. The van der Waals surface area contributed by atoms with Crippen LogP contribution < -0.4 is 10.2 Å². The molecule has 0 fully saturated rings. The van der Waals surface area contributed by atoms with Crippen molar-refractivity contribution >= 4 is 33.2 Å². The summed E-state index contributed by atoms with van der Waals surface area (Å²) in [5.41, 5.74) is 1.18. The molecular weight excluding hydrogens is 275 g/mol. The Hall–Kier alpha value is -1.54. The molecule has 3 nitrogen and oxygen atoms in total. The van der Waals surface area contributed by atoms with Crippen molar-refractivity contribution in [2.75, 3.05) is 23.3 Å². The van der Waals surface area contributed by atoms with E-state index in [4.69, 9.17) is 6.42 Å². The first-order chi connectivity index (χ1) is 7.61. The minimum absolute atomic E-state index is 0.151. The molecule has 1 aromatic carbocycles. The van der Waals surface area contributed by atoms with Crippen LogP contribution in [0.1, 0.15) is 0 Å². The molecule has 1 N–H and O–H groups in total. The quantitative estimate of drug-likeness (QED) is 0.799. The van der Waals surface area contributed by atoms with Crippen molar-refractivity contribution < 1.29 is 9.18 Å². The smallest absolute Gasteiger partial charge is 0.243 e. The predicted octanol–water partition coefficient (Wildman–Crippen LogP) is 1.98. The van der Waals surface area contributed by atoms with E-state index in [1.807, 2.05) is 0 Å². The fourth-order valence-corrected chi connectivity index (χ4v) is 1.94. The largest absolute Gasteiger partial charge is 0.349 e. The number of benzene rings is 1. The van der Waals surface area contributed by atoms with Crippen molar-refractivity contribution in [3.8, 4) is 12.3 Å². The monoisotopic (exact) mass is 282 g/mol. The summed E-state index contributed by atoms with van der Waals surface area (Å²) in [4.78, 5) is 13.0. The highest BCUT2D eigenvalue weighted by Gasteiger charge is 2.22. The average Bonchev–Trinajstić information content (AvgIpc) is 2.21. The van der Waals surface area contributed by atoms with Gasteiger partial charge in [0.05, 0.1) is 28.9 Å². The zero-order valence-corrected chi connectivity index (χ0v) is 9.84. The number of hydrogen-bond acceptors (Lipinski definition) is 2. The van der Waals surface area contributed by atoms with Crippen LogP contribution in [-0.2, 0) is 4.79 Å². The first-order valence-electron chi connectivity index (χ1n) is 4.59. The third-order valence-corrected chi connectivity index (χ3v) is 2.88. The number of anilines is 2. The van der Waals surface area contributed by atoms with Crippen molar-refractivity contribution in [1.29, 1.82) is 0 Å². The van der Waals surface area contributed by atoms with Crippen LogP contribution >= 0.6 is 15.9 Å². The second-order valence-electron chi connectivity index (χ2n) is 3.39. The van der Waals surface area contributed by atoms with E-state index in [1.54, 1.807) is 4.90 Å². The van der Waals surface area contributed by atoms with Crippen molar-refractivity contribution in [3.05, 3.63) is 22.4 Å². The molecular formula is C11H8BrFN2O. The lowest BCUT2D eigenvalue weighted by Crippen LogP contribution is -2.38. The summed E-state index contributed by atoms with van der Waals surface area (Å²) in [5.74, 6) is 1.92. The molecule has 0 saturated heterocycles. The molecule has 0 spiro atoms. The lowest BCUT2D eigenvalue weighted by molar-refractivity contribution is -0.115. The van der Waals surface area contributed by atoms with E-state index in [9.17, 15) is 9.18 Å². The van der Waals surface area contributed by atoms with Gasteiger partial charge < -0.3 is 10.2 Å². The zero-order chi connectivity index (χ0) is 11.7. The summed E-state index contributed by atoms with van der Waals surface area (Å²) in [7, 11) is 0. The topological polar surface area (TPSA) is 32.3 Å². The second-order valence-corrected chi connectivity index (χ2v) is 4.25. The van der Waals surface area contributed by atoms with E-state index >= 15 is 0 Å². The fourth-order valence-electron chi connectivity index (χ4n) is 1.60. The van der Waals surface area contributed by atoms with Crippen LogP contribution in [0.4, 0.5) is 15.8 Å². The Morgan fingerprint density at radius 2 is 2.38 bits per heavy atom. The normalized spacial score (nSPS) is 14.1. The molecule has 1 aliphatic rings. The maximum absolute atomic E-state index is 13.4. The van der Waals surface area contributed by atoms with Gasteiger partial charge in [-0.1, -0.05) is 5.92 Å². The van der Waals surface area contributed by atoms with Crippen LogP contribution in [-0.4, -0.2) is 19.0 Å². The SMILES string of the molecule is C#CCN1CC(=O)Nc2cc(Br)c(F)cc21. The van der Waals surface area contributed by atoms with E-state index in [-0.39, 0.29) is 24.8 Å². The number of carbonyl (C=O) groups is 1. The van der Waals surface area contributed by atoms with Crippen molar-refractivity contribution in [3.63, 3.8) is 0 Å². The predicted molar refractivity (Wildman–Crippen MR) is 63.8 cm³/mol. The van der Waals surface area contributed by atoms with Crippen molar-refractivity contribution in [1.82, 2.24) is 0 Å². The van der Waals surface area contributed by atoms with Gasteiger partial charge in [0.15, 0.2) is 0 Å². The van der Waals surface area contributed by atoms with E-state index in [1.165, 1.54) is 12.1 Å². The molecule has 0 bridgehead atoms. The fraction of sp³-hybridized carbons (Fsp3) is 0.182. The van der Waals surface area contributed by atoms with Gasteiger partial charge in [-0.25, -0.2) is 4.39 Å². The number of amides is 1. The van der Waals surface area contributed by atoms with Gasteiger partial charge in [0.25, 0.3) is 0 Å². The zero-order valence-electron chi connectivity index (χ0n) is 8.26.